The molecule has 0 amide bonds. The fourth-order valence-corrected chi connectivity index (χ4v) is 0.417. The second-order valence-corrected chi connectivity index (χ2v) is 1.69. The van der Waals surface area contributed by atoms with Crippen LogP contribution in [0, 0.1) is 0 Å². The van der Waals surface area contributed by atoms with Gasteiger partial charge in [-0.15, -0.1) is 0 Å². The smallest absolute Gasteiger partial charge is 0.830 e. The summed E-state index contributed by atoms with van der Waals surface area (Å²) in [7, 11) is 0. The summed E-state index contributed by atoms with van der Waals surface area (Å²) in [5.41, 5.74) is 0. The summed E-state index contributed by atoms with van der Waals surface area (Å²) in [6.45, 7) is 2.30. The van der Waals surface area contributed by atoms with Crippen molar-refractivity contribution in [1.29, 1.82) is 0 Å². The molecule has 0 bridgehead atoms. The summed E-state index contributed by atoms with van der Waals surface area (Å²) in [4.78, 5) is 0. The van der Waals surface area contributed by atoms with Gasteiger partial charge in [0.25, 0.3) is 0 Å². The van der Waals surface area contributed by atoms with Crippen molar-refractivity contribution in [2.75, 3.05) is 11.9 Å². The van der Waals surface area contributed by atoms with Crippen LogP contribution in [0.1, 0.15) is 6.92 Å². The molecule has 44 valence electrons. The van der Waals surface area contributed by atoms with Gasteiger partial charge in [0, 0.05) is 11.9 Å². The minimum Gasteiger partial charge on any atom is -0.830 e. The van der Waals surface area contributed by atoms with Gasteiger partial charge < -0.3 is 9.84 Å². The maximum absolute atomic E-state index is 10.2. The van der Waals surface area contributed by atoms with Crippen LogP contribution in [0.15, 0.2) is 0 Å². The van der Waals surface area contributed by atoms with Gasteiger partial charge in [0.1, 0.15) is 0 Å². The molecule has 0 aliphatic rings. The standard InChI is InChI=1S/C4H8BrO2.K/c1-2-7-4(6)3-5;/h4H,2-3H2,1H3;/q-1;+1. The van der Waals surface area contributed by atoms with E-state index in [4.69, 9.17) is 0 Å². The fraction of sp³-hybridized carbons (Fsp3) is 1.00. The maximum atomic E-state index is 10.2. The van der Waals surface area contributed by atoms with Gasteiger partial charge in [0.15, 0.2) is 0 Å². The van der Waals surface area contributed by atoms with E-state index in [1.165, 1.54) is 0 Å². The van der Waals surface area contributed by atoms with E-state index in [-0.39, 0.29) is 51.4 Å². The number of alkyl halides is 1. The summed E-state index contributed by atoms with van der Waals surface area (Å²) < 4.78 is 4.59. The van der Waals surface area contributed by atoms with Crippen LogP contribution in [0.25, 0.3) is 0 Å². The number of rotatable bonds is 3. The minimum absolute atomic E-state index is 0. The molecule has 0 aromatic heterocycles. The summed E-state index contributed by atoms with van der Waals surface area (Å²) in [6.07, 6.45) is -0.884. The second kappa shape index (κ2) is 9.04. The molecule has 0 aliphatic carbocycles. The molecule has 2 nitrogen and oxygen atoms in total. The van der Waals surface area contributed by atoms with Crippen molar-refractivity contribution in [2.45, 2.75) is 13.2 Å². The molecule has 0 heterocycles. The molecule has 0 N–H and O–H groups in total. The fourth-order valence-electron chi connectivity index (χ4n) is 0.230. The van der Waals surface area contributed by atoms with Crippen LogP contribution in [0.2, 0.25) is 0 Å². The first-order chi connectivity index (χ1) is 3.31. The van der Waals surface area contributed by atoms with Gasteiger partial charge in [-0.25, -0.2) is 0 Å². The van der Waals surface area contributed by atoms with E-state index in [0.29, 0.717) is 11.9 Å². The quantitative estimate of drug-likeness (QED) is 0.283. The van der Waals surface area contributed by atoms with Crippen molar-refractivity contribution in [2.24, 2.45) is 0 Å². The molecule has 8 heavy (non-hydrogen) atoms. The monoisotopic (exact) mass is 206 g/mol. The molecular formula is C4H8BrKO2. The largest absolute Gasteiger partial charge is 1.00 e. The number of halogens is 1. The van der Waals surface area contributed by atoms with E-state index >= 15 is 0 Å². The molecule has 0 saturated carbocycles. The van der Waals surface area contributed by atoms with Gasteiger partial charge in [-0.05, 0) is 13.2 Å². The summed E-state index contributed by atoms with van der Waals surface area (Å²) in [6, 6.07) is 0. The van der Waals surface area contributed by atoms with Crippen molar-refractivity contribution in [1.82, 2.24) is 0 Å². The van der Waals surface area contributed by atoms with Crippen LogP contribution in [0.5, 0.6) is 0 Å². The normalized spacial score (nSPS) is 12.4. The average molecular weight is 207 g/mol. The molecule has 0 aromatic rings. The van der Waals surface area contributed by atoms with Crippen LogP contribution >= 0.6 is 15.9 Å². The first-order valence-electron chi connectivity index (χ1n) is 2.14. The Bertz CT molecular complexity index is 45.0. The Morgan fingerprint density at radius 2 is 2.25 bits per heavy atom. The zero-order chi connectivity index (χ0) is 5.70. The maximum Gasteiger partial charge on any atom is 1.00 e. The van der Waals surface area contributed by atoms with Crippen molar-refractivity contribution in [3.8, 4) is 0 Å². The molecule has 0 saturated heterocycles. The first kappa shape index (κ1) is 12.7. The van der Waals surface area contributed by atoms with Crippen molar-refractivity contribution < 1.29 is 61.2 Å². The molecule has 0 rings (SSSR count). The molecule has 0 spiro atoms. The third-order valence-electron chi connectivity index (χ3n) is 0.479. The Balaban J connectivity index is 0. The van der Waals surface area contributed by atoms with Crippen LogP contribution in [0.3, 0.4) is 0 Å². The Morgan fingerprint density at radius 3 is 2.38 bits per heavy atom. The predicted molar refractivity (Wildman–Crippen MR) is 29.2 cm³/mol. The second-order valence-electron chi connectivity index (χ2n) is 1.04. The summed E-state index contributed by atoms with van der Waals surface area (Å²) in [5, 5.41) is 10.6. The van der Waals surface area contributed by atoms with Gasteiger partial charge >= 0.3 is 51.4 Å². The molecule has 0 aliphatic heterocycles. The van der Waals surface area contributed by atoms with E-state index in [1.807, 2.05) is 0 Å². The predicted octanol–water partition coefficient (Wildman–Crippen LogP) is -2.89. The Labute approximate surface area is 101 Å². The van der Waals surface area contributed by atoms with Crippen molar-refractivity contribution >= 4 is 15.9 Å². The van der Waals surface area contributed by atoms with Crippen LogP contribution < -0.4 is 56.5 Å². The van der Waals surface area contributed by atoms with Gasteiger partial charge in [0.2, 0.25) is 0 Å². The van der Waals surface area contributed by atoms with Gasteiger partial charge in [-0.3, -0.25) is 0 Å². The van der Waals surface area contributed by atoms with E-state index in [2.05, 4.69) is 20.7 Å². The van der Waals surface area contributed by atoms with Gasteiger partial charge in [0.05, 0.1) is 0 Å². The molecule has 0 radical (unpaired) electrons. The number of ether oxygens (including phenoxy) is 1. The first-order valence-corrected chi connectivity index (χ1v) is 3.26. The summed E-state index contributed by atoms with van der Waals surface area (Å²) >= 11 is 2.98. The topological polar surface area (TPSA) is 32.3 Å². The van der Waals surface area contributed by atoms with Gasteiger partial charge in [-0.1, -0.05) is 15.9 Å². The van der Waals surface area contributed by atoms with E-state index in [1.54, 1.807) is 6.92 Å². The van der Waals surface area contributed by atoms with Crippen LogP contribution in [0.4, 0.5) is 0 Å². The van der Waals surface area contributed by atoms with E-state index in [9.17, 15) is 5.11 Å². The SMILES string of the molecule is CCOC([O-])CBr.[K+]. The molecule has 1 unspecified atom stereocenters. The van der Waals surface area contributed by atoms with Crippen LogP contribution in [-0.2, 0) is 4.74 Å². The zero-order valence-electron chi connectivity index (χ0n) is 5.19. The molecule has 0 aromatic carbocycles. The molecule has 0 fully saturated rings. The average Bonchev–Trinajstić information content (AvgIpc) is 1.68. The third kappa shape index (κ3) is 8.04. The molecular weight excluding hydrogens is 199 g/mol. The number of hydrogen-bond acceptors (Lipinski definition) is 2. The zero-order valence-corrected chi connectivity index (χ0v) is 9.90. The Hall–Kier alpha value is 2.04. The Kier molecular flexibility index (Phi) is 14.3. The van der Waals surface area contributed by atoms with E-state index in [0.717, 1.165) is 0 Å². The molecule has 1 atom stereocenters. The minimum atomic E-state index is -0.884. The Morgan fingerprint density at radius 1 is 1.75 bits per heavy atom. The molecule has 4 heteroatoms. The number of hydrogen-bond donors (Lipinski definition) is 0. The van der Waals surface area contributed by atoms with Crippen molar-refractivity contribution in [3.63, 3.8) is 0 Å². The summed E-state index contributed by atoms with van der Waals surface area (Å²) in [5.74, 6) is 0. The van der Waals surface area contributed by atoms with Gasteiger partial charge in [-0.2, -0.15) is 0 Å². The van der Waals surface area contributed by atoms with E-state index < -0.39 is 6.29 Å². The van der Waals surface area contributed by atoms with Crippen molar-refractivity contribution in [3.05, 3.63) is 0 Å². The third-order valence-corrected chi connectivity index (χ3v) is 1.01. The van der Waals surface area contributed by atoms with Crippen LogP contribution in [-0.4, -0.2) is 18.2 Å².